The van der Waals surface area contributed by atoms with E-state index in [-0.39, 0.29) is 5.91 Å². The van der Waals surface area contributed by atoms with Crippen LogP contribution in [0.3, 0.4) is 0 Å². The summed E-state index contributed by atoms with van der Waals surface area (Å²) in [5, 5.41) is 4.71. The van der Waals surface area contributed by atoms with Crippen LogP contribution in [0.15, 0.2) is 59.2 Å². The zero-order valence-corrected chi connectivity index (χ0v) is 18.0. The summed E-state index contributed by atoms with van der Waals surface area (Å²) in [5.41, 5.74) is 3.03. The number of hydrogen-bond donors (Lipinski definition) is 1. The summed E-state index contributed by atoms with van der Waals surface area (Å²) in [6.45, 7) is 2.07. The van der Waals surface area contributed by atoms with Crippen LogP contribution in [0.2, 0.25) is 5.02 Å². The standard InChI is InChI=1S/C23H19ClN2O3S/c1-14-4-3-5-15(8-14)9-19-13-25-23(30-19)26-21(27)7-6-18-11-16-10-17(24)12-20(28-2)22(16)29-18/h3-8,10-13H,9H2,1-2H3,(H,25,26,27)/b7-6+. The van der Waals surface area contributed by atoms with E-state index < -0.39 is 0 Å². The highest BCUT2D eigenvalue weighted by atomic mass is 35.5. The second-order valence-electron chi connectivity index (χ2n) is 6.80. The normalized spacial score (nSPS) is 11.3. The van der Waals surface area contributed by atoms with Crippen LogP contribution in [-0.2, 0) is 11.2 Å². The van der Waals surface area contributed by atoms with Gasteiger partial charge in [0.1, 0.15) is 5.76 Å². The molecule has 0 atom stereocenters. The van der Waals surface area contributed by atoms with Crippen LogP contribution in [-0.4, -0.2) is 18.0 Å². The number of furan rings is 1. The molecular formula is C23H19ClN2O3S. The Bertz CT molecular complexity index is 1240. The lowest BCUT2D eigenvalue weighted by Crippen LogP contribution is -2.06. The molecule has 0 bridgehead atoms. The number of anilines is 1. The number of fused-ring (bicyclic) bond motifs is 1. The number of nitrogens with zero attached hydrogens (tertiary/aromatic N) is 1. The van der Waals surface area contributed by atoms with Gasteiger partial charge in [0.2, 0.25) is 5.91 Å². The predicted molar refractivity (Wildman–Crippen MR) is 122 cm³/mol. The minimum Gasteiger partial charge on any atom is -0.493 e. The summed E-state index contributed by atoms with van der Waals surface area (Å²) in [6.07, 6.45) is 5.59. The van der Waals surface area contributed by atoms with Gasteiger partial charge < -0.3 is 9.15 Å². The van der Waals surface area contributed by atoms with E-state index in [2.05, 4.69) is 35.4 Å². The van der Waals surface area contributed by atoms with E-state index in [0.717, 1.165) is 16.7 Å². The molecule has 30 heavy (non-hydrogen) atoms. The van der Waals surface area contributed by atoms with Crippen molar-refractivity contribution in [1.82, 2.24) is 4.98 Å². The molecule has 1 N–H and O–H groups in total. The number of aryl methyl sites for hydroxylation is 1. The number of ether oxygens (including phenoxy) is 1. The van der Waals surface area contributed by atoms with E-state index >= 15 is 0 Å². The van der Waals surface area contributed by atoms with Crippen molar-refractivity contribution in [2.24, 2.45) is 0 Å². The molecule has 0 aliphatic carbocycles. The summed E-state index contributed by atoms with van der Waals surface area (Å²) >= 11 is 7.54. The first-order valence-corrected chi connectivity index (χ1v) is 10.5. The van der Waals surface area contributed by atoms with Crippen molar-refractivity contribution in [2.75, 3.05) is 12.4 Å². The molecule has 7 heteroatoms. The van der Waals surface area contributed by atoms with Gasteiger partial charge in [-0.05, 0) is 30.7 Å². The lowest BCUT2D eigenvalue weighted by atomic mass is 10.1. The number of rotatable bonds is 6. The molecular weight excluding hydrogens is 420 g/mol. The largest absolute Gasteiger partial charge is 0.493 e. The quantitative estimate of drug-likeness (QED) is 0.369. The number of aromatic nitrogens is 1. The van der Waals surface area contributed by atoms with Gasteiger partial charge >= 0.3 is 0 Å². The van der Waals surface area contributed by atoms with Gasteiger partial charge in [-0.25, -0.2) is 4.98 Å². The van der Waals surface area contributed by atoms with Crippen molar-refractivity contribution in [3.63, 3.8) is 0 Å². The highest BCUT2D eigenvalue weighted by Crippen LogP contribution is 2.32. The fourth-order valence-corrected chi connectivity index (χ4v) is 4.18. The SMILES string of the molecule is COc1cc(Cl)cc2cc(/C=C/C(=O)Nc3ncc(Cc4cccc(C)c4)s3)oc12. The predicted octanol–water partition coefficient (Wildman–Crippen LogP) is 6.10. The number of halogens is 1. The Morgan fingerprint density at radius 1 is 1.30 bits per heavy atom. The number of amides is 1. The van der Waals surface area contributed by atoms with Crippen molar-refractivity contribution in [1.29, 1.82) is 0 Å². The van der Waals surface area contributed by atoms with E-state index in [9.17, 15) is 4.79 Å². The number of hydrogen-bond acceptors (Lipinski definition) is 5. The van der Waals surface area contributed by atoms with Crippen molar-refractivity contribution < 1.29 is 13.9 Å². The van der Waals surface area contributed by atoms with Gasteiger partial charge in [0.15, 0.2) is 16.5 Å². The second-order valence-corrected chi connectivity index (χ2v) is 8.35. The summed E-state index contributed by atoms with van der Waals surface area (Å²) in [7, 11) is 1.55. The van der Waals surface area contributed by atoms with Crippen LogP contribution < -0.4 is 10.1 Å². The summed E-state index contributed by atoms with van der Waals surface area (Å²) < 4.78 is 11.1. The van der Waals surface area contributed by atoms with E-state index in [1.54, 1.807) is 37.6 Å². The van der Waals surface area contributed by atoms with E-state index in [0.29, 0.717) is 27.2 Å². The fraction of sp³-hybridized carbons (Fsp3) is 0.130. The number of benzene rings is 2. The molecule has 1 amide bonds. The molecule has 2 aromatic heterocycles. The highest BCUT2D eigenvalue weighted by Gasteiger charge is 2.10. The Morgan fingerprint density at radius 2 is 2.17 bits per heavy atom. The Kier molecular flexibility index (Phi) is 5.88. The van der Waals surface area contributed by atoms with Gasteiger partial charge in [-0.1, -0.05) is 41.4 Å². The minimum absolute atomic E-state index is 0.281. The molecule has 0 saturated heterocycles. The van der Waals surface area contributed by atoms with Gasteiger partial charge in [-0.15, -0.1) is 11.3 Å². The maximum Gasteiger partial charge on any atom is 0.250 e. The average Bonchev–Trinajstić information content (AvgIpc) is 3.32. The first kappa shape index (κ1) is 20.2. The smallest absolute Gasteiger partial charge is 0.250 e. The van der Waals surface area contributed by atoms with Gasteiger partial charge in [0.05, 0.1) is 7.11 Å². The zero-order valence-electron chi connectivity index (χ0n) is 16.4. The third kappa shape index (κ3) is 4.72. The number of carbonyl (C=O) groups excluding carboxylic acids is 1. The van der Waals surface area contributed by atoms with Gasteiger partial charge in [0.25, 0.3) is 0 Å². The summed E-state index contributed by atoms with van der Waals surface area (Å²) in [4.78, 5) is 17.7. The lowest BCUT2D eigenvalue weighted by Gasteiger charge is -2.00. The first-order chi connectivity index (χ1) is 14.5. The molecule has 5 nitrogen and oxygen atoms in total. The molecule has 0 radical (unpaired) electrons. The molecule has 152 valence electrons. The minimum atomic E-state index is -0.281. The van der Waals surface area contributed by atoms with Crippen molar-refractivity contribution in [2.45, 2.75) is 13.3 Å². The Hall–Kier alpha value is -3.09. The molecule has 0 unspecified atom stereocenters. The molecule has 0 spiro atoms. The lowest BCUT2D eigenvalue weighted by molar-refractivity contribution is -0.111. The van der Waals surface area contributed by atoms with Gasteiger partial charge in [-0.3, -0.25) is 10.1 Å². The van der Waals surface area contributed by atoms with Crippen LogP contribution in [0.5, 0.6) is 5.75 Å². The molecule has 2 aromatic carbocycles. The highest BCUT2D eigenvalue weighted by molar-refractivity contribution is 7.15. The Labute approximate surface area is 183 Å². The maximum absolute atomic E-state index is 12.3. The molecule has 4 aromatic rings. The van der Waals surface area contributed by atoms with Crippen LogP contribution in [0, 0.1) is 6.92 Å². The van der Waals surface area contributed by atoms with Gasteiger partial charge in [-0.2, -0.15) is 0 Å². The Balaban J connectivity index is 1.42. The number of carbonyl (C=O) groups is 1. The second kappa shape index (κ2) is 8.73. The molecule has 2 heterocycles. The topological polar surface area (TPSA) is 64.4 Å². The monoisotopic (exact) mass is 438 g/mol. The van der Waals surface area contributed by atoms with Crippen LogP contribution in [0.25, 0.3) is 17.0 Å². The first-order valence-electron chi connectivity index (χ1n) is 9.26. The third-order valence-electron chi connectivity index (χ3n) is 4.43. The molecule has 0 saturated carbocycles. The van der Waals surface area contributed by atoms with Gasteiger partial charge in [0, 0.05) is 40.0 Å². The molecule has 0 aliphatic rings. The van der Waals surface area contributed by atoms with E-state index in [1.807, 2.05) is 6.07 Å². The van der Waals surface area contributed by atoms with E-state index in [4.69, 9.17) is 20.8 Å². The van der Waals surface area contributed by atoms with Crippen LogP contribution in [0.1, 0.15) is 21.8 Å². The number of methoxy groups -OCH3 is 1. The van der Waals surface area contributed by atoms with Crippen molar-refractivity contribution in [3.05, 3.63) is 81.5 Å². The average molecular weight is 439 g/mol. The van der Waals surface area contributed by atoms with E-state index in [1.165, 1.54) is 28.5 Å². The molecule has 0 fully saturated rings. The van der Waals surface area contributed by atoms with Crippen LogP contribution in [0.4, 0.5) is 5.13 Å². The number of nitrogens with one attached hydrogen (secondary N) is 1. The summed E-state index contributed by atoms with van der Waals surface area (Å²) in [6, 6.07) is 13.6. The third-order valence-corrected chi connectivity index (χ3v) is 5.56. The van der Waals surface area contributed by atoms with Crippen molar-refractivity contribution >= 4 is 51.0 Å². The fourth-order valence-electron chi connectivity index (χ4n) is 3.11. The van der Waals surface area contributed by atoms with Crippen LogP contribution >= 0.6 is 22.9 Å². The molecule has 0 aliphatic heterocycles. The zero-order chi connectivity index (χ0) is 21.1. The number of thiazole rings is 1. The Morgan fingerprint density at radius 3 is 2.97 bits per heavy atom. The maximum atomic E-state index is 12.3. The molecule has 4 rings (SSSR count). The summed E-state index contributed by atoms with van der Waals surface area (Å²) in [5.74, 6) is 0.794. The van der Waals surface area contributed by atoms with Crippen molar-refractivity contribution in [3.8, 4) is 5.75 Å².